The molecule has 1 aromatic carbocycles. The van der Waals surface area contributed by atoms with Gasteiger partial charge in [0.2, 0.25) is 5.91 Å². The Balaban J connectivity index is 2.32. The summed E-state index contributed by atoms with van der Waals surface area (Å²) in [5.41, 5.74) is 5.71. The van der Waals surface area contributed by atoms with Crippen molar-refractivity contribution in [2.45, 2.75) is 19.4 Å². The highest BCUT2D eigenvalue weighted by atomic mass is 32.1. The minimum atomic E-state index is -0.858. The van der Waals surface area contributed by atoms with E-state index < -0.39 is 5.54 Å². The van der Waals surface area contributed by atoms with Crippen molar-refractivity contribution in [3.05, 3.63) is 29.6 Å². The topological polar surface area (TPSA) is 55.1 Å². The van der Waals surface area contributed by atoms with E-state index >= 15 is 0 Å². The summed E-state index contributed by atoms with van der Waals surface area (Å²) in [5.74, 6) is -0.170. The fourth-order valence-corrected chi connectivity index (χ4v) is 2.25. The van der Waals surface area contributed by atoms with Crippen LogP contribution in [0.3, 0.4) is 0 Å². The highest BCUT2D eigenvalue weighted by Gasteiger charge is 2.22. The summed E-state index contributed by atoms with van der Waals surface area (Å²) in [6, 6.07) is 7.96. The van der Waals surface area contributed by atoms with Gasteiger partial charge in [-0.3, -0.25) is 4.79 Å². The lowest BCUT2D eigenvalue weighted by atomic mass is 10.1. The minimum absolute atomic E-state index is 0.170. The normalized spacial score (nSPS) is 11.7. The molecule has 2 rings (SSSR count). The average molecular weight is 234 g/mol. The minimum Gasteiger partial charge on any atom is -0.323 e. The Bertz CT molecular complexity index is 525. The molecule has 1 aromatic heterocycles. The number of hydrogen-bond donors (Lipinski definition) is 2. The second-order valence-electron chi connectivity index (χ2n) is 4.32. The smallest absolute Gasteiger partial charge is 0.243 e. The summed E-state index contributed by atoms with van der Waals surface area (Å²) in [6.45, 7) is 3.38. The average Bonchev–Trinajstić information content (AvgIpc) is 2.61. The van der Waals surface area contributed by atoms with E-state index in [1.54, 1.807) is 25.2 Å². The zero-order valence-corrected chi connectivity index (χ0v) is 10.1. The van der Waals surface area contributed by atoms with Crippen LogP contribution in [0.2, 0.25) is 0 Å². The largest absolute Gasteiger partial charge is 0.323 e. The van der Waals surface area contributed by atoms with E-state index in [1.165, 1.54) is 0 Å². The molecule has 4 heteroatoms. The van der Waals surface area contributed by atoms with Gasteiger partial charge in [0.1, 0.15) is 0 Å². The van der Waals surface area contributed by atoms with Gasteiger partial charge in [0, 0.05) is 15.5 Å². The first-order valence-electron chi connectivity index (χ1n) is 5.05. The van der Waals surface area contributed by atoms with E-state index in [-0.39, 0.29) is 5.91 Å². The van der Waals surface area contributed by atoms with Gasteiger partial charge in [0.25, 0.3) is 0 Å². The lowest BCUT2D eigenvalue weighted by Gasteiger charge is -2.17. The molecule has 0 aliphatic heterocycles. The maximum Gasteiger partial charge on any atom is 0.243 e. The first kappa shape index (κ1) is 11.1. The van der Waals surface area contributed by atoms with Crippen molar-refractivity contribution < 1.29 is 4.79 Å². The molecule has 0 fully saturated rings. The molecule has 0 unspecified atom stereocenters. The van der Waals surface area contributed by atoms with E-state index in [0.717, 1.165) is 15.8 Å². The molecule has 84 valence electrons. The van der Waals surface area contributed by atoms with Gasteiger partial charge in [0.15, 0.2) is 0 Å². The lowest BCUT2D eigenvalue weighted by Crippen LogP contribution is -2.45. The molecule has 0 aliphatic rings. The van der Waals surface area contributed by atoms with Crippen LogP contribution in [0, 0.1) is 0 Å². The molecule has 0 saturated carbocycles. The number of anilines is 1. The summed E-state index contributed by atoms with van der Waals surface area (Å²) >= 11 is 1.61. The first-order chi connectivity index (χ1) is 7.48. The van der Waals surface area contributed by atoms with Crippen LogP contribution in [0.5, 0.6) is 0 Å². The Morgan fingerprint density at radius 2 is 2.06 bits per heavy atom. The van der Waals surface area contributed by atoms with Gasteiger partial charge in [-0.05, 0) is 19.9 Å². The van der Waals surface area contributed by atoms with Crippen LogP contribution < -0.4 is 11.1 Å². The Morgan fingerprint density at radius 3 is 2.75 bits per heavy atom. The summed E-state index contributed by atoms with van der Waals surface area (Å²) in [4.78, 5) is 11.7. The van der Waals surface area contributed by atoms with Crippen molar-refractivity contribution in [3.8, 4) is 0 Å². The van der Waals surface area contributed by atoms with Crippen LogP contribution >= 0.6 is 11.3 Å². The van der Waals surface area contributed by atoms with Gasteiger partial charge in [0.05, 0.1) is 11.2 Å². The predicted molar refractivity (Wildman–Crippen MR) is 68.7 cm³/mol. The number of hydrogen-bond acceptors (Lipinski definition) is 3. The molecular weight excluding hydrogens is 220 g/mol. The number of carbonyl (C=O) groups is 1. The fraction of sp³-hybridized carbons (Fsp3) is 0.250. The molecule has 0 radical (unpaired) electrons. The van der Waals surface area contributed by atoms with Crippen molar-refractivity contribution in [2.75, 3.05) is 5.32 Å². The highest BCUT2D eigenvalue weighted by Crippen LogP contribution is 2.30. The molecule has 0 aliphatic carbocycles. The molecule has 0 spiro atoms. The monoisotopic (exact) mass is 234 g/mol. The van der Waals surface area contributed by atoms with Crippen molar-refractivity contribution in [1.82, 2.24) is 0 Å². The first-order valence-corrected chi connectivity index (χ1v) is 5.93. The van der Waals surface area contributed by atoms with Crippen molar-refractivity contribution >= 4 is 33.0 Å². The van der Waals surface area contributed by atoms with Gasteiger partial charge in [-0.1, -0.05) is 18.2 Å². The van der Waals surface area contributed by atoms with E-state index in [0.29, 0.717) is 0 Å². The Morgan fingerprint density at radius 1 is 1.38 bits per heavy atom. The molecule has 3 N–H and O–H groups in total. The summed E-state index contributed by atoms with van der Waals surface area (Å²) < 4.78 is 1.16. The van der Waals surface area contributed by atoms with E-state index in [2.05, 4.69) is 5.32 Å². The molecule has 3 nitrogen and oxygen atoms in total. The summed E-state index contributed by atoms with van der Waals surface area (Å²) in [7, 11) is 0. The van der Waals surface area contributed by atoms with Gasteiger partial charge >= 0.3 is 0 Å². The van der Waals surface area contributed by atoms with Gasteiger partial charge in [-0.2, -0.15) is 0 Å². The molecule has 1 heterocycles. The van der Waals surface area contributed by atoms with Crippen LogP contribution in [0.15, 0.2) is 29.6 Å². The Labute approximate surface area is 98.3 Å². The maximum absolute atomic E-state index is 11.7. The maximum atomic E-state index is 11.7. The number of amides is 1. The van der Waals surface area contributed by atoms with Crippen LogP contribution in [-0.4, -0.2) is 11.4 Å². The zero-order valence-electron chi connectivity index (χ0n) is 9.28. The van der Waals surface area contributed by atoms with Crippen LogP contribution in [-0.2, 0) is 4.79 Å². The number of carbonyl (C=O) groups excluding carboxylic acids is 1. The van der Waals surface area contributed by atoms with Crippen molar-refractivity contribution in [1.29, 1.82) is 0 Å². The molecule has 16 heavy (non-hydrogen) atoms. The standard InChI is InChI=1S/C12H14N2OS/c1-12(2,13)11(15)14-9-7-16-10-6-4-3-5-8(9)10/h3-7H,13H2,1-2H3,(H,14,15). The number of thiophene rings is 1. The van der Waals surface area contributed by atoms with E-state index in [1.807, 2.05) is 29.6 Å². The molecule has 0 bridgehead atoms. The lowest BCUT2D eigenvalue weighted by molar-refractivity contribution is -0.120. The van der Waals surface area contributed by atoms with Gasteiger partial charge < -0.3 is 11.1 Å². The second kappa shape index (κ2) is 3.88. The second-order valence-corrected chi connectivity index (χ2v) is 5.23. The number of fused-ring (bicyclic) bond motifs is 1. The molecule has 1 amide bonds. The Kier molecular flexibility index (Phi) is 2.69. The third-order valence-corrected chi connectivity index (χ3v) is 3.28. The zero-order chi connectivity index (χ0) is 11.8. The SMILES string of the molecule is CC(C)(N)C(=O)Nc1csc2ccccc12. The number of rotatable bonds is 2. The molecule has 0 atom stereocenters. The highest BCUT2D eigenvalue weighted by molar-refractivity contribution is 7.17. The van der Waals surface area contributed by atoms with Gasteiger partial charge in [-0.25, -0.2) is 0 Å². The number of benzene rings is 1. The van der Waals surface area contributed by atoms with Crippen molar-refractivity contribution in [3.63, 3.8) is 0 Å². The van der Waals surface area contributed by atoms with E-state index in [4.69, 9.17) is 5.73 Å². The number of nitrogens with two attached hydrogens (primary N) is 1. The third kappa shape index (κ3) is 2.08. The van der Waals surface area contributed by atoms with Crippen molar-refractivity contribution in [2.24, 2.45) is 5.73 Å². The summed E-state index contributed by atoms with van der Waals surface area (Å²) in [5, 5.41) is 5.85. The van der Waals surface area contributed by atoms with Gasteiger partial charge in [-0.15, -0.1) is 11.3 Å². The quantitative estimate of drug-likeness (QED) is 0.839. The number of nitrogens with one attached hydrogen (secondary N) is 1. The molecule has 0 saturated heterocycles. The Hall–Kier alpha value is -1.39. The van der Waals surface area contributed by atoms with Crippen LogP contribution in [0.25, 0.3) is 10.1 Å². The van der Waals surface area contributed by atoms with Crippen LogP contribution in [0.1, 0.15) is 13.8 Å². The molecular formula is C12H14N2OS. The summed E-state index contributed by atoms with van der Waals surface area (Å²) in [6.07, 6.45) is 0. The molecule has 2 aromatic rings. The fourth-order valence-electron chi connectivity index (χ4n) is 1.36. The predicted octanol–water partition coefficient (Wildman–Crippen LogP) is 2.58. The van der Waals surface area contributed by atoms with E-state index in [9.17, 15) is 4.79 Å². The van der Waals surface area contributed by atoms with Crippen LogP contribution in [0.4, 0.5) is 5.69 Å². The third-order valence-electron chi connectivity index (χ3n) is 2.31.